The van der Waals surface area contributed by atoms with Crippen molar-refractivity contribution in [1.29, 1.82) is 0 Å². The number of nitrogens with one attached hydrogen (secondary N) is 1. The van der Waals surface area contributed by atoms with Crippen molar-refractivity contribution in [3.05, 3.63) is 28.8 Å². The Balaban J connectivity index is 2.76. The van der Waals surface area contributed by atoms with Crippen LogP contribution in [0.1, 0.15) is 45.1 Å². The Morgan fingerprint density at radius 3 is 2.65 bits per heavy atom. The smallest absolute Gasteiger partial charge is 0.227 e. The molecule has 110 valence electrons. The first-order valence-corrected chi connectivity index (χ1v) is 7.68. The predicted molar refractivity (Wildman–Crippen MR) is 89.3 cm³/mol. The lowest BCUT2D eigenvalue weighted by Crippen LogP contribution is -2.22. The summed E-state index contributed by atoms with van der Waals surface area (Å²) in [5, 5.41) is 3.33. The van der Waals surface area contributed by atoms with E-state index in [0.29, 0.717) is 21.3 Å². The van der Waals surface area contributed by atoms with E-state index in [4.69, 9.17) is 29.6 Å². The van der Waals surface area contributed by atoms with Gasteiger partial charge in [-0.1, -0.05) is 50.5 Å². The minimum Gasteiger partial charge on any atom is -0.389 e. The third kappa shape index (κ3) is 4.76. The molecule has 0 aliphatic carbocycles. The fourth-order valence-electron chi connectivity index (χ4n) is 1.98. The summed E-state index contributed by atoms with van der Waals surface area (Å²) in [5.74, 6) is 0.0483. The Morgan fingerprint density at radius 1 is 1.45 bits per heavy atom. The van der Waals surface area contributed by atoms with Gasteiger partial charge in [-0.25, -0.2) is 0 Å². The maximum absolute atomic E-state index is 12.2. The number of hydrogen-bond acceptors (Lipinski definition) is 2. The molecule has 0 spiro atoms. The number of benzene rings is 1. The highest BCUT2D eigenvalue weighted by Gasteiger charge is 2.17. The molecular formula is C15H21ClN2OS. The van der Waals surface area contributed by atoms with Crippen LogP contribution in [-0.4, -0.2) is 10.9 Å². The van der Waals surface area contributed by atoms with Crippen LogP contribution in [0.4, 0.5) is 5.69 Å². The second-order valence-corrected chi connectivity index (χ2v) is 5.64. The molecule has 1 unspecified atom stereocenters. The minimum atomic E-state index is 0.0194. The molecule has 0 bridgehead atoms. The van der Waals surface area contributed by atoms with E-state index in [2.05, 4.69) is 12.2 Å². The maximum atomic E-state index is 12.2. The zero-order valence-electron chi connectivity index (χ0n) is 11.9. The second-order valence-electron chi connectivity index (χ2n) is 4.80. The summed E-state index contributed by atoms with van der Waals surface area (Å²) < 4.78 is 0. The standard InChI is InChI=1S/C15H21ClN2OS/c1-3-5-6-10(4-2)15(19)18-13-8-7-11(14(17)20)9-12(13)16/h7-10H,3-6H2,1-2H3,(H2,17,20)(H,18,19). The van der Waals surface area contributed by atoms with Crippen LogP contribution < -0.4 is 11.1 Å². The minimum absolute atomic E-state index is 0.0194. The van der Waals surface area contributed by atoms with Crippen molar-refractivity contribution in [3.63, 3.8) is 0 Å². The number of carbonyl (C=O) groups excluding carboxylic acids is 1. The molecule has 0 heterocycles. The van der Waals surface area contributed by atoms with Crippen LogP contribution in [0, 0.1) is 5.92 Å². The molecule has 0 fully saturated rings. The van der Waals surface area contributed by atoms with Crippen LogP contribution in [0.3, 0.4) is 0 Å². The van der Waals surface area contributed by atoms with Crippen molar-refractivity contribution in [1.82, 2.24) is 0 Å². The molecule has 1 atom stereocenters. The maximum Gasteiger partial charge on any atom is 0.227 e. The number of carbonyl (C=O) groups is 1. The van der Waals surface area contributed by atoms with Crippen LogP contribution in [0.5, 0.6) is 0 Å². The molecule has 1 rings (SSSR count). The van der Waals surface area contributed by atoms with Gasteiger partial charge in [0.15, 0.2) is 0 Å². The van der Waals surface area contributed by atoms with Crippen LogP contribution in [-0.2, 0) is 4.79 Å². The van der Waals surface area contributed by atoms with Gasteiger partial charge in [-0.2, -0.15) is 0 Å². The van der Waals surface area contributed by atoms with Crippen LogP contribution in [0.15, 0.2) is 18.2 Å². The van der Waals surface area contributed by atoms with Gasteiger partial charge in [0.1, 0.15) is 4.99 Å². The van der Waals surface area contributed by atoms with Gasteiger partial charge < -0.3 is 11.1 Å². The van der Waals surface area contributed by atoms with E-state index in [1.807, 2.05) is 6.92 Å². The molecule has 0 radical (unpaired) electrons. The second kappa shape index (κ2) is 8.22. The van der Waals surface area contributed by atoms with E-state index >= 15 is 0 Å². The zero-order valence-corrected chi connectivity index (χ0v) is 13.5. The van der Waals surface area contributed by atoms with Gasteiger partial charge in [0.25, 0.3) is 0 Å². The molecule has 3 nitrogen and oxygen atoms in total. The number of rotatable bonds is 7. The first-order valence-electron chi connectivity index (χ1n) is 6.89. The Bertz CT molecular complexity index is 491. The molecule has 1 aromatic carbocycles. The number of nitrogens with two attached hydrogens (primary N) is 1. The number of hydrogen-bond donors (Lipinski definition) is 2. The monoisotopic (exact) mass is 312 g/mol. The van der Waals surface area contributed by atoms with Gasteiger partial charge in [-0.15, -0.1) is 0 Å². The summed E-state index contributed by atoms with van der Waals surface area (Å²) >= 11 is 11.0. The summed E-state index contributed by atoms with van der Waals surface area (Å²) in [7, 11) is 0. The lowest BCUT2D eigenvalue weighted by atomic mass is 9.98. The van der Waals surface area contributed by atoms with Gasteiger partial charge in [0.2, 0.25) is 5.91 Å². The Hall–Kier alpha value is -1.13. The van der Waals surface area contributed by atoms with E-state index in [1.165, 1.54) is 0 Å². The molecule has 0 aromatic heterocycles. The molecule has 5 heteroatoms. The lowest BCUT2D eigenvalue weighted by molar-refractivity contribution is -0.120. The molecular weight excluding hydrogens is 292 g/mol. The zero-order chi connectivity index (χ0) is 15.1. The van der Waals surface area contributed by atoms with E-state index < -0.39 is 0 Å². The fraction of sp³-hybridized carbons (Fsp3) is 0.467. The summed E-state index contributed by atoms with van der Waals surface area (Å²) in [4.78, 5) is 12.5. The number of thiocarbonyl (C=S) groups is 1. The summed E-state index contributed by atoms with van der Waals surface area (Å²) in [6, 6.07) is 5.17. The molecule has 1 amide bonds. The first kappa shape index (κ1) is 16.9. The van der Waals surface area contributed by atoms with Crippen LogP contribution in [0.2, 0.25) is 5.02 Å². The highest BCUT2D eigenvalue weighted by atomic mass is 35.5. The quantitative estimate of drug-likeness (QED) is 0.744. The highest BCUT2D eigenvalue weighted by Crippen LogP contribution is 2.24. The third-order valence-electron chi connectivity index (χ3n) is 3.28. The number of unbranched alkanes of at least 4 members (excludes halogenated alkanes) is 1. The Labute approximate surface area is 130 Å². The summed E-state index contributed by atoms with van der Waals surface area (Å²) in [6.07, 6.45) is 3.88. The topological polar surface area (TPSA) is 55.1 Å². The fourth-order valence-corrected chi connectivity index (χ4v) is 2.33. The van der Waals surface area contributed by atoms with Crippen molar-refractivity contribution < 1.29 is 4.79 Å². The van der Waals surface area contributed by atoms with Crippen molar-refractivity contribution in [3.8, 4) is 0 Å². The van der Waals surface area contributed by atoms with E-state index in [-0.39, 0.29) is 11.8 Å². The SMILES string of the molecule is CCCCC(CC)C(=O)Nc1ccc(C(N)=S)cc1Cl. The van der Waals surface area contributed by atoms with E-state index in [0.717, 1.165) is 25.7 Å². The average molecular weight is 313 g/mol. The van der Waals surface area contributed by atoms with Gasteiger partial charge in [0, 0.05) is 11.5 Å². The van der Waals surface area contributed by atoms with Crippen LogP contribution in [0.25, 0.3) is 0 Å². The largest absolute Gasteiger partial charge is 0.389 e. The summed E-state index contributed by atoms with van der Waals surface area (Å²) in [6.45, 7) is 4.15. The lowest BCUT2D eigenvalue weighted by Gasteiger charge is -2.15. The van der Waals surface area contributed by atoms with Crippen molar-refractivity contribution in [2.45, 2.75) is 39.5 Å². The predicted octanol–water partition coefficient (Wildman–Crippen LogP) is 4.13. The van der Waals surface area contributed by atoms with Crippen molar-refractivity contribution in [2.75, 3.05) is 5.32 Å². The van der Waals surface area contributed by atoms with E-state index in [1.54, 1.807) is 18.2 Å². The average Bonchev–Trinajstić information content (AvgIpc) is 2.41. The Morgan fingerprint density at radius 2 is 2.15 bits per heavy atom. The van der Waals surface area contributed by atoms with Crippen molar-refractivity contribution in [2.24, 2.45) is 11.7 Å². The van der Waals surface area contributed by atoms with Crippen molar-refractivity contribution >= 4 is 40.4 Å². The van der Waals surface area contributed by atoms with E-state index in [9.17, 15) is 4.79 Å². The molecule has 0 saturated carbocycles. The van der Waals surface area contributed by atoms with Gasteiger partial charge in [0.05, 0.1) is 10.7 Å². The van der Waals surface area contributed by atoms with Gasteiger partial charge >= 0.3 is 0 Å². The summed E-state index contributed by atoms with van der Waals surface area (Å²) in [5.41, 5.74) is 6.84. The molecule has 1 aromatic rings. The third-order valence-corrected chi connectivity index (χ3v) is 3.83. The molecule has 3 N–H and O–H groups in total. The Kier molecular flexibility index (Phi) is 6.96. The highest BCUT2D eigenvalue weighted by molar-refractivity contribution is 7.80. The number of amides is 1. The molecule has 0 saturated heterocycles. The van der Waals surface area contributed by atoms with Gasteiger partial charge in [-0.05, 0) is 31.0 Å². The first-order chi connectivity index (χ1) is 9.49. The molecule has 20 heavy (non-hydrogen) atoms. The van der Waals surface area contributed by atoms with Crippen LogP contribution >= 0.6 is 23.8 Å². The number of anilines is 1. The molecule has 0 aliphatic rings. The molecule has 0 aliphatic heterocycles. The number of halogens is 1. The van der Waals surface area contributed by atoms with Gasteiger partial charge in [-0.3, -0.25) is 4.79 Å². The normalized spacial score (nSPS) is 11.9.